The van der Waals surface area contributed by atoms with Crippen LogP contribution in [-0.4, -0.2) is 46.5 Å². The second-order valence-electron chi connectivity index (χ2n) is 10.3. The van der Waals surface area contributed by atoms with E-state index in [1.165, 1.54) is 0 Å². The van der Waals surface area contributed by atoms with Crippen molar-refractivity contribution in [3.8, 4) is 0 Å². The second-order valence-corrected chi connectivity index (χ2v) is 10.3. The number of carbonyl (C=O) groups is 2. The van der Waals surface area contributed by atoms with Crippen LogP contribution in [0.15, 0.2) is 18.3 Å². The van der Waals surface area contributed by atoms with Gasteiger partial charge >= 0.3 is 5.97 Å². The van der Waals surface area contributed by atoms with E-state index in [1.54, 1.807) is 0 Å². The van der Waals surface area contributed by atoms with Crippen LogP contribution in [0.4, 0.5) is 0 Å². The van der Waals surface area contributed by atoms with Gasteiger partial charge in [-0.25, -0.2) is 0 Å². The van der Waals surface area contributed by atoms with Crippen molar-refractivity contribution in [3.63, 3.8) is 0 Å². The van der Waals surface area contributed by atoms with Crippen molar-refractivity contribution in [2.45, 2.75) is 85.5 Å². The number of ether oxygens (including phenoxy) is 2. The van der Waals surface area contributed by atoms with Gasteiger partial charge in [-0.1, -0.05) is 20.3 Å². The molecule has 182 valence electrons. The summed E-state index contributed by atoms with van der Waals surface area (Å²) < 4.78 is 13.1. The van der Waals surface area contributed by atoms with Gasteiger partial charge in [-0.15, -0.1) is 0 Å². The van der Waals surface area contributed by atoms with Crippen molar-refractivity contribution in [1.29, 1.82) is 0 Å². The summed E-state index contributed by atoms with van der Waals surface area (Å²) in [5, 5.41) is 8.65. The summed E-state index contributed by atoms with van der Waals surface area (Å²) in [7, 11) is 0. The van der Waals surface area contributed by atoms with Crippen LogP contribution >= 0.6 is 0 Å². The molecule has 1 aliphatic rings. The number of carbonyl (C=O) groups excluding carboxylic acids is 2. The van der Waals surface area contributed by atoms with Gasteiger partial charge < -0.3 is 14.8 Å². The molecule has 7 heteroatoms. The third-order valence-corrected chi connectivity index (χ3v) is 6.03. The Bertz CT molecular complexity index is 972. The number of aromatic nitrogens is 2. The first-order valence-corrected chi connectivity index (χ1v) is 12.2. The predicted molar refractivity (Wildman–Crippen MR) is 129 cm³/mol. The van der Waals surface area contributed by atoms with Crippen LogP contribution in [-0.2, 0) is 20.8 Å². The predicted octanol–water partition coefficient (Wildman–Crippen LogP) is 4.65. The van der Waals surface area contributed by atoms with Gasteiger partial charge in [0.1, 0.15) is 5.60 Å². The van der Waals surface area contributed by atoms with E-state index in [9.17, 15) is 9.59 Å². The molecule has 1 N–H and O–H groups in total. The van der Waals surface area contributed by atoms with E-state index in [0.717, 1.165) is 48.7 Å². The van der Waals surface area contributed by atoms with Crippen molar-refractivity contribution < 1.29 is 19.1 Å². The van der Waals surface area contributed by atoms with Crippen LogP contribution in [0.3, 0.4) is 0 Å². The molecule has 0 saturated heterocycles. The number of nitrogens with zero attached hydrogens (tertiary/aromatic N) is 2. The normalized spacial score (nSPS) is 15.9. The maximum absolute atomic E-state index is 12.6. The van der Waals surface area contributed by atoms with Crippen molar-refractivity contribution in [2.75, 3.05) is 13.2 Å². The first-order chi connectivity index (χ1) is 15.6. The lowest BCUT2D eigenvalue weighted by molar-refractivity contribution is -0.160. The molecule has 2 unspecified atom stereocenters. The third kappa shape index (κ3) is 7.29. The van der Waals surface area contributed by atoms with Crippen molar-refractivity contribution in [3.05, 3.63) is 29.5 Å². The van der Waals surface area contributed by atoms with Gasteiger partial charge in [0.25, 0.3) is 5.91 Å². The molecule has 3 rings (SSSR count). The van der Waals surface area contributed by atoms with Crippen LogP contribution in [0.5, 0.6) is 0 Å². The first-order valence-electron chi connectivity index (χ1n) is 12.2. The second kappa shape index (κ2) is 10.7. The fourth-order valence-corrected chi connectivity index (χ4v) is 3.97. The number of amides is 1. The lowest BCUT2D eigenvalue weighted by atomic mass is 9.93. The molecule has 1 aromatic carbocycles. The van der Waals surface area contributed by atoms with Gasteiger partial charge in [0.15, 0.2) is 0 Å². The lowest BCUT2D eigenvalue weighted by Crippen LogP contribution is -2.29. The number of aryl methyl sites for hydroxylation is 1. The monoisotopic (exact) mass is 457 g/mol. The van der Waals surface area contributed by atoms with E-state index in [0.29, 0.717) is 30.7 Å². The van der Waals surface area contributed by atoms with E-state index in [1.807, 2.05) is 57.6 Å². The SMILES string of the molecule is CCC(CC(C)C(=O)OC(C)(C)C)Cn1cc2c(C)c(C(=O)NCCOC3CC3)ccc2n1. The van der Waals surface area contributed by atoms with E-state index in [4.69, 9.17) is 14.6 Å². The number of nitrogens with one attached hydrogen (secondary N) is 1. The minimum absolute atomic E-state index is 0.0841. The average molecular weight is 458 g/mol. The highest BCUT2D eigenvalue weighted by Gasteiger charge is 2.25. The Kier molecular flexibility index (Phi) is 8.16. The fourth-order valence-electron chi connectivity index (χ4n) is 3.97. The zero-order valence-corrected chi connectivity index (χ0v) is 20.9. The van der Waals surface area contributed by atoms with E-state index >= 15 is 0 Å². The fraction of sp³-hybridized carbons (Fsp3) is 0.654. The Hall–Kier alpha value is -2.41. The molecule has 0 bridgehead atoms. The Morgan fingerprint density at radius 1 is 1.27 bits per heavy atom. The van der Waals surface area contributed by atoms with E-state index in [-0.39, 0.29) is 17.8 Å². The number of benzene rings is 1. The summed E-state index contributed by atoms with van der Waals surface area (Å²) in [6, 6.07) is 3.74. The Morgan fingerprint density at radius 2 is 2.00 bits per heavy atom. The summed E-state index contributed by atoms with van der Waals surface area (Å²) in [5.41, 5.74) is 1.99. The molecule has 1 saturated carbocycles. The van der Waals surface area contributed by atoms with Gasteiger partial charge in [0.05, 0.1) is 24.1 Å². The van der Waals surface area contributed by atoms with E-state index in [2.05, 4.69) is 12.2 Å². The van der Waals surface area contributed by atoms with Gasteiger partial charge in [0, 0.05) is 30.2 Å². The maximum Gasteiger partial charge on any atom is 0.309 e. The smallest absolute Gasteiger partial charge is 0.309 e. The molecule has 7 nitrogen and oxygen atoms in total. The Morgan fingerprint density at radius 3 is 2.64 bits per heavy atom. The molecule has 0 spiro atoms. The van der Waals surface area contributed by atoms with Gasteiger partial charge in [0.2, 0.25) is 0 Å². The molecule has 1 aromatic heterocycles. The molecule has 0 radical (unpaired) electrons. The molecule has 33 heavy (non-hydrogen) atoms. The Balaban J connectivity index is 1.62. The molecule has 2 atom stereocenters. The number of esters is 1. The zero-order chi connectivity index (χ0) is 24.2. The quantitative estimate of drug-likeness (QED) is 0.392. The average Bonchev–Trinajstić information content (AvgIpc) is 3.47. The molecule has 1 fully saturated rings. The van der Waals surface area contributed by atoms with E-state index < -0.39 is 5.60 Å². The molecule has 0 aliphatic heterocycles. The van der Waals surface area contributed by atoms with Gasteiger partial charge in [-0.3, -0.25) is 14.3 Å². The largest absolute Gasteiger partial charge is 0.460 e. The zero-order valence-electron chi connectivity index (χ0n) is 20.9. The maximum atomic E-state index is 12.6. The molecular weight excluding hydrogens is 418 g/mol. The molecule has 1 heterocycles. The minimum Gasteiger partial charge on any atom is -0.460 e. The van der Waals surface area contributed by atoms with Crippen LogP contribution in [0, 0.1) is 18.8 Å². The summed E-state index contributed by atoms with van der Waals surface area (Å²) in [5.74, 6) is -0.101. The highest BCUT2D eigenvalue weighted by atomic mass is 16.6. The molecule has 2 aromatic rings. The van der Waals surface area contributed by atoms with Gasteiger partial charge in [-0.2, -0.15) is 5.10 Å². The summed E-state index contributed by atoms with van der Waals surface area (Å²) in [4.78, 5) is 25.0. The standard InChI is InChI=1S/C26H39N3O4/c1-7-19(14-17(2)25(31)33-26(4,5)6)15-29-16-22-18(3)21(10-11-23(22)28-29)24(30)27-12-13-32-20-8-9-20/h10-11,16-17,19-20H,7-9,12-15H2,1-6H3,(H,27,30). The van der Waals surface area contributed by atoms with Crippen LogP contribution < -0.4 is 5.32 Å². The van der Waals surface area contributed by atoms with Crippen LogP contribution in [0.25, 0.3) is 10.9 Å². The Labute approximate surface area is 197 Å². The van der Waals surface area contributed by atoms with Crippen molar-refractivity contribution in [1.82, 2.24) is 15.1 Å². The molecule has 1 aliphatic carbocycles. The minimum atomic E-state index is -0.474. The summed E-state index contributed by atoms with van der Waals surface area (Å²) >= 11 is 0. The summed E-state index contributed by atoms with van der Waals surface area (Å²) in [6.45, 7) is 13.5. The highest BCUT2D eigenvalue weighted by Crippen LogP contribution is 2.25. The number of hydrogen-bond donors (Lipinski definition) is 1. The number of rotatable bonds is 11. The van der Waals surface area contributed by atoms with Crippen molar-refractivity contribution >= 4 is 22.8 Å². The molecule has 1 amide bonds. The number of hydrogen-bond acceptors (Lipinski definition) is 5. The van der Waals surface area contributed by atoms with Crippen molar-refractivity contribution in [2.24, 2.45) is 11.8 Å². The number of fused-ring (bicyclic) bond motifs is 1. The third-order valence-electron chi connectivity index (χ3n) is 6.03. The summed E-state index contributed by atoms with van der Waals surface area (Å²) in [6.07, 6.45) is 6.36. The molecular formula is C26H39N3O4. The topological polar surface area (TPSA) is 82.5 Å². The van der Waals surface area contributed by atoms with Crippen LogP contribution in [0.2, 0.25) is 0 Å². The highest BCUT2D eigenvalue weighted by molar-refractivity contribution is 6.00. The lowest BCUT2D eigenvalue weighted by Gasteiger charge is -2.24. The van der Waals surface area contributed by atoms with Crippen LogP contribution in [0.1, 0.15) is 76.2 Å². The first kappa shape index (κ1) is 25.2. The van der Waals surface area contributed by atoms with Gasteiger partial charge in [-0.05, 0) is 70.6 Å².